The molecule has 0 aliphatic carbocycles. The van der Waals surface area contributed by atoms with Gasteiger partial charge in [-0.25, -0.2) is 5.43 Å². The van der Waals surface area contributed by atoms with Crippen molar-refractivity contribution >= 4 is 35.3 Å². The van der Waals surface area contributed by atoms with Gasteiger partial charge in [0.2, 0.25) is 0 Å². The summed E-state index contributed by atoms with van der Waals surface area (Å²) >= 11 is 6.23. The standard InChI is InChI=1S/C27H28ClN3O5/c1-5-35-22-9-7-21(8-10-22)30-26(32)27(33)31-29-15-19-6-11-24(34-4)20(14-19)16-36-23-12-17(2)25(28)18(3)13-23/h6-15H,5,16H2,1-4H3,(H,30,32)(H,31,33)/b29-15+. The normalized spacial score (nSPS) is 10.7. The van der Waals surface area contributed by atoms with E-state index in [-0.39, 0.29) is 6.61 Å². The molecule has 2 amide bonds. The maximum Gasteiger partial charge on any atom is 0.329 e. The number of hydrazone groups is 1. The van der Waals surface area contributed by atoms with Gasteiger partial charge in [0.1, 0.15) is 23.9 Å². The van der Waals surface area contributed by atoms with Crippen LogP contribution >= 0.6 is 11.6 Å². The van der Waals surface area contributed by atoms with Crippen LogP contribution in [-0.2, 0) is 16.2 Å². The van der Waals surface area contributed by atoms with Gasteiger partial charge in [0.05, 0.1) is 19.9 Å². The molecule has 0 bridgehead atoms. The third kappa shape index (κ3) is 7.23. The number of nitrogens with zero attached hydrogens (tertiary/aromatic N) is 1. The summed E-state index contributed by atoms with van der Waals surface area (Å²) in [5.41, 5.74) is 6.02. The zero-order valence-corrected chi connectivity index (χ0v) is 21.3. The van der Waals surface area contributed by atoms with Crippen molar-refractivity contribution in [3.05, 3.63) is 81.9 Å². The molecule has 2 N–H and O–H groups in total. The summed E-state index contributed by atoms with van der Waals surface area (Å²) in [5.74, 6) is 0.279. The summed E-state index contributed by atoms with van der Waals surface area (Å²) in [6.07, 6.45) is 1.43. The number of amides is 2. The lowest BCUT2D eigenvalue weighted by Crippen LogP contribution is -2.32. The minimum atomic E-state index is -0.898. The number of benzene rings is 3. The van der Waals surface area contributed by atoms with Crippen LogP contribution in [0.25, 0.3) is 0 Å². The molecule has 3 rings (SSSR count). The summed E-state index contributed by atoms with van der Waals surface area (Å²) in [4.78, 5) is 24.2. The Morgan fingerprint density at radius 1 is 0.944 bits per heavy atom. The van der Waals surface area contributed by atoms with Gasteiger partial charge < -0.3 is 19.5 Å². The van der Waals surface area contributed by atoms with Crippen LogP contribution in [0.4, 0.5) is 5.69 Å². The zero-order valence-electron chi connectivity index (χ0n) is 20.6. The molecule has 8 nitrogen and oxygen atoms in total. The van der Waals surface area contributed by atoms with E-state index in [0.29, 0.717) is 40.1 Å². The van der Waals surface area contributed by atoms with Crippen LogP contribution in [0.15, 0.2) is 59.7 Å². The Kier molecular flexibility index (Phi) is 9.30. The van der Waals surface area contributed by atoms with Crippen molar-refractivity contribution in [3.63, 3.8) is 0 Å². The molecule has 0 saturated carbocycles. The van der Waals surface area contributed by atoms with Crippen LogP contribution in [0.2, 0.25) is 5.02 Å². The first kappa shape index (κ1) is 26.6. The van der Waals surface area contributed by atoms with E-state index in [4.69, 9.17) is 25.8 Å². The first-order valence-electron chi connectivity index (χ1n) is 11.2. The van der Waals surface area contributed by atoms with Crippen molar-refractivity contribution in [2.45, 2.75) is 27.4 Å². The summed E-state index contributed by atoms with van der Waals surface area (Å²) < 4.78 is 16.7. The van der Waals surface area contributed by atoms with Gasteiger partial charge in [-0.05, 0) is 92.1 Å². The van der Waals surface area contributed by atoms with E-state index in [1.807, 2.05) is 39.0 Å². The topological polar surface area (TPSA) is 98.2 Å². The second kappa shape index (κ2) is 12.6. The highest BCUT2D eigenvalue weighted by Crippen LogP contribution is 2.27. The molecule has 0 saturated heterocycles. The van der Waals surface area contributed by atoms with Crippen molar-refractivity contribution in [2.24, 2.45) is 5.10 Å². The molecule has 0 atom stereocenters. The highest BCUT2D eigenvalue weighted by molar-refractivity contribution is 6.39. The van der Waals surface area contributed by atoms with Gasteiger partial charge in [0.15, 0.2) is 0 Å². The van der Waals surface area contributed by atoms with Gasteiger partial charge in [-0.2, -0.15) is 5.10 Å². The number of carbonyl (C=O) groups is 2. The van der Waals surface area contributed by atoms with Gasteiger partial charge in [0.25, 0.3) is 0 Å². The van der Waals surface area contributed by atoms with E-state index in [1.165, 1.54) is 6.21 Å². The van der Waals surface area contributed by atoms with Gasteiger partial charge >= 0.3 is 11.8 Å². The number of rotatable bonds is 9. The Hall–Kier alpha value is -4.04. The Bertz CT molecular complexity index is 1240. The van der Waals surface area contributed by atoms with Crippen LogP contribution in [0.3, 0.4) is 0 Å². The lowest BCUT2D eigenvalue weighted by molar-refractivity contribution is -0.136. The van der Waals surface area contributed by atoms with Gasteiger partial charge in [-0.3, -0.25) is 9.59 Å². The van der Waals surface area contributed by atoms with Crippen LogP contribution in [0, 0.1) is 13.8 Å². The highest BCUT2D eigenvalue weighted by atomic mass is 35.5. The predicted molar refractivity (Wildman–Crippen MR) is 140 cm³/mol. The molecular formula is C27H28ClN3O5. The molecule has 0 spiro atoms. The van der Waals surface area contributed by atoms with Crippen molar-refractivity contribution in [1.29, 1.82) is 0 Å². The largest absolute Gasteiger partial charge is 0.496 e. The van der Waals surface area contributed by atoms with E-state index >= 15 is 0 Å². The monoisotopic (exact) mass is 509 g/mol. The van der Waals surface area contributed by atoms with Gasteiger partial charge in [-0.1, -0.05) is 11.6 Å². The summed E-state index contributed by atoms with van der Waals surface area (Å²) in [7, 11) is 1.58. The zero-order chi connectivity index (χ0) is 26.1. The molecule has 0 aromatic heterocycles. The SMILES string of the molecule is CCOc1ccc(NC(=O)C(=O)N/N=C/c2ccc(OC)c(COc3cc(C)c(Cl)c(C)c3)c2)cc1. The average Bonchev–Trinajstić information content (AvgIpc) is 2.87. The van der Waals surface area contributed by atoms with E-state index in [2.05, 4.69) is 15.8 Å². The highest BCUT2D eigenvalue weighted by Gasteiger charge is 2.13. The van der Waals surface area contributed by atoms with E-state index in [9.17, 15) is 9.59 Å². The van der Waals surface area contributed by atoms with Crippen molar-refractivity contribution < 1.29 is 23.8 Å². The fraction of sp³-hybridized carbons (Fsp3) is 0.222. The average molecular weight is 510 g/mol. The fourth-order valence-corrected chi connectivity index (χ4v) is 3.46. The Balaban J connectivity index is 1.59. The third-order valence-electron chi connectivity index (χ3n) is 5.12. The Morgan fingerprint density at radius 3 is 2.28 bits per heavy atom. The molecule has 0 fully saturated rings. The van der Waals surface area contributed by atoms with Crippen LogP contribution in [0.5, 0.6) is 17.2 Å². The number of nitrogens with one attached hydrogen (secondary N) is 2. The second-order valence-electron chi connectivity index (χ2n) is 7.84. The smallest absolute Gasteiger partial charge is 0.329 e. The van der Waals surface area contributed by atoms with Crippen LogP contribution < -0.4 is 25.0 Å². The predicted octanol–water partition coefficient (Wildman–Crippen LogP) is 5.03. The first-order chi connectivity index (χ1) is 17.3. The number of anilines is 1. The van der Waals surface area contributed by atoms with E-state index < -0.39 is 11.8 Å². The molecule has 0 heterocycles. The van der Waals surface area contributed by atoms with E-state index in [0.717, 1.165) is 16.7 Å². The molecular weight excluding hydrogens is 482 g/mol. The Morgan fingerprint density at radius 2 is 1.64 bits per heavy atom. The van der Waals surface area contributed by atoms with Crippen LogP contribution in [-0.4, -0.2) is 31.7 Å². The molecule has 0 radical (unpaired) electrons. The molecule has 3 aromatic rings. The van der Waals surface area contributed by atoms with Crippen LogP contribution in [0.1, 0.15) is 29.2 Å². The summed E-state index contributed by atoms with van der Waals surface area (Å²) in [5, 5.41) is 7.11. The number of methoxy groups -OCH3 is 1. The molecule has 36 heavy (non-hydrogen) atoms. The Labute approximate surface area is 215 Å². The lowest BCUT2D eigenvalue weighted by Gasteiger charge is -2.13. The number of carbonyl (C=O) groups excluding carboxylic acids is 2. The summed E-state index contributed by atoms with van der Waals surface area (Å²) in [6.45, 7) is 6.52. The molecule has 9 heteroatoms. The molecule has 0 aliphatic heterocycles. The number of aryl methyl sites for hydroxylation is 2. The summed E-state index contributed by atoms with van der Waals surface area (Å²) in [6, 6.07) is 15.8. The maximum absolute atomic E-state index is 12.1. The van der Waals surface area contributed by atoms with Crippen molar-refractivity contribution in [3.8, 4) is 17.2 Å². The van der Waals surface area contributed by atoms with E-state index in [1.54, 1.807) is 43.5 Å². The minimum absolute atomic E-state index is 0.252. The lowest BCUT2D eigenvalue weighted by atomic mass is 10.1. The number of ether oxygens (including phenoxy) is 3. The van der Waals surface area contributed by atoms with Gasteiger partial charge in [0, 0.05) is 16.3 Å². The minimum Gasteiger partial charge on any atom is -0.496 e. The maximum atomic E-state index is 12.1. The molecule has 0 unspecified atom stereocenters. The third-order valence-corrected chi connectivity index (χ3v) is 5.71. The quantitative estimate of drug-likeness (QED) is 0.239. The fourth-order valence-electron chi connectivity index (χ4n) is 3.35. The molecule has 0 aliphatic rings. The molecule has 188 valence electrons. The number of hydrogen-bond acceptors (Lipinski definition) is 6. The second-order valence-corrected chi connectivity index (χ2v) is 8.22. The van der Waals surface area contributed by atoms with Crippen molar-refractivity contribution in [1.82, 2.24) is 5.43 Å². The number of halogens is 1. The first-order valence-corrected chi connectivity index (χ1v) is 11.6. The van der Waals surface area contributed by atoms with Gasteiger partial charge in [-0.15, -0.1) is 0 Å². The molecule has 3 aromatic carbocycles. The number of hydrogen-bond donors (Lipinski definition) is 2. The van der Waals surface area contributed by atoms with Crippen molar-refractivity contribution in [2.75, 3.05) is 19.0 Å².